The zero-order chi connectivity index (χ0) is 13.7. The highest BCUT2D eigenvalue weighted by Gasteiger charge is 2.30. The molecule has 1 aromatic heterocycles. The van der Waals surface area contributed by atoms with Crippen molar-refractivity contribution < 1.29 is 14.3 Å². The number of hydrogen-bond donors (Lipinski definition) is 0. The van der Waals surface area contributed by atoms with Gasteiger partial charge in [-0.15, -0.1) is 0 Å². The van der Waals surface area contributed by atoms with Gasteiger partial charge in [-0.2, -0.15) is 5.26 Å². The largest absolute Gasteiger partial charge is 0.468 e. The third-order valence-electron chi connectivity index (χ3n) is 3.08. The number of carbonyl (C=O) groups excluding carboxylic acids is 1. The van der Waals surface area contributed by atoms with Gasteiger partial charge in [-0.3, -0.25) is 9.69 Å². The molecule has 0 radical (unpaired) electrons. The maximum atomic E-state index is 11.7. The van der Waals surface area contributed by atoms with Crippen molar-refractivity contribution >= 4 is 5.97 Å². The molecule has 100 valence electrons. The number of pyridine rings is 1. The Balaban J connectivity index is 2.16. The van der Waals surface area contributed by atoms with Gasteiger partial charge in [0.15, 0.2) is 0 Å². The predicted octanol–water partition coefficient (Wildman–Crippen LogP) is 0.327. The van der Waals surface area contributed by atoms with E-state index in [9.17, 15) is 4.79 Å². The standard InChI is InChI=1S/C13H15N3O3/c1-18-13(17)12-9-19-6-5-16(12)8-10-3-2-4-15-11(10)7-14/h2-4,12H,5-6,8-9H2,1H3. The Kier molecular flexibility index (Phi) is 4.44. The van der Waals surface area contributed by atoms with Gasteiger partial charge >= 0.3 is 5.97 Å². The van der Waals surface area contributed by atoms with Crippen LogP contribution in [0.25, 0.3) is 0 Å². The molecule has 1 fully saturated rings. The highest BCUT2D eigenvalue weighted by atomic mass is 16.5. The lowest BCUT2D eigenvalue weighted by molar-refractivity contribution is -0.153. The number of hydrogen-bond acceptors (Lipinski definition) is 6. The van der Waals surface area contributed by atoms with Crippen LogP contribution >= 0.6 is 0 Å². The van der Waals surface area contributed by atoms with Crippen molar-refractivity contribution in [1.29, 1.82) is 5.26 Å². The van der Waals surface area contributed by atoms with E-state index in [0.29, 0.717) is 32.0 Å². The molecule has 1 aromatic rings. The molecule has 0 bridgehead atoms. The fourth-order valence-corrected chi connectivity index (χ4v) is 2.07. The highest BCUT2D eigenvalue weighted by molar-refractivity contribution is 5.75. The van der Waals surface area contributed by atoms with E-state index in [1.165, 1.54) is 7.11 Å². The molecule has 0 aliphatic carbocycles. The number of ether oxygens (including phenoxy) is 2. The maximum absolute atomic E-state index is 11.7. The van der Waals surface area contributed by atoms with Gasteiger partial charge in [0.25, 0.3) is 0 Å². The third-order valence-corrected chi connectivity index (χ3v) is 3.08. The van der Waals surface area contributed by atoms with Crippen molar-refractivity contribution in [3.05, 3.63) is 29.6 Å². The van der Waals surface area contributed by atoms with E-state index in [0.717, 1.165) is 5.56 Å². The lowest BCUT2D eigenvalue weighted by Gasteiger charge is -2.33. The van der Waals surface area contributed by atoms with Crippen molar-refractivity contribution in [1.82, 2.24) is 9.88 Å². The summed E-state index contributed by atoms with van der Waals surface area (Å²) in [7, 11) is 1.36. The van der Waals surface area contributed by atoms with Crippen LogP contribution in [-0.2, 0) is 20.8 Å². The Labute approximate surface area is 111 Å². The first-order valence-electron chi connectivity index (χ1n) is 6.00. The van der Waals surface area contributed by atoms with Gasteiger partial charge in [-0.25, -0.2) is 4.98 Å². The molecule has 6 nitrogen and oxygen atoms in total. The number of nitriles is 1. The first kappa shape index (κ1) is 13.5. The molecule has 1 atom stereocenters. The Morgan fingerprint density at radius 2 is 2.58 bits per heavy atom. The van der Waals surface area contributed by atoms with Crippen molar-refractivity contribution in [2.75, 3.05) is 26.9 Å². The molecule has 1 aliphatic rings. The van der Waals surface area contributed by atoms with Gasteiger partial charge in [0.1, 0.15) is 17.8 Å². The summed E-state index contributed by atoms with van der Waals surface area (Å²) < 4.78 is 10.1. The molecule has 2 rings (SSSR count). The minimum atomic E-state index is -0.425. The van der Waals surface area contributed by atoms with E-state index < -0.39 is 6.04 Å². The number of morpholine rings is 1. The van der Waals surface area contributed by atoms with Crippen LogP contribution in [0, 0.1) is 11.3 Å². The topological polar surface area (TPSA) is 75.5 Å². The zero-order valence-corrected chi connectivity index (χ0v) is 10.7. The van der Waals surface area contributed by atoms with Crippen LogP contribution in [-0.4, -0.2) is 48.8 Å². The number of nitrogens with zero attached hydrogens (tertiary/aromatic N) is 3. The molecule has 1 saturated heterocycles. The van der Waals surface area contributed by atoms with Crippen LogP contribution in [0.2, 0.25) is 0 Å². The third kappa shape index (κ3) is 3.08. The monoisotopic (exact) mass is 261 g/mol. The molecular formula is C13H15N3O3. The van der Waals surface area contributed by atoms with Crippen LogP contribution in [0.15, 0.2) is 18.3 Å². The van der Waals surface area contributed by atoms with Crippen LogP contribution < -0.4 is 0 Å². The summed E-state index contributed by atoms with van der Waals surface area (Å²) >= 11 is 0. The maximum Gasteiger partial charge on any atom is 0.325 e. The van der Waals surface area contributed by atoms with Gasteiger partial charge in [0.2, 0.25) is 0 Å². The van der Waals surface area contributed by atoms with Crippen LogP contribution in [0.3, 0.4) is 0 Å². The van der Waals surface area contributed by atoms with Crippen LogP contribution in [0.4, 0.5) is 0 Å². The molecule has 19 heavy (non-hydrogen) atoms. The molecule has 0 saturated carbocycles. The Morgan fingerprint density at radius 1 is 1.74 bits per heavy atom. The SMILES string of the molecule is COC(=O)C1COCCN1Cc1cccnc1C#N. The van der Waals surface area contributed by atoms with Gasteiger partial charge in [-0.05, 0) is 6.07 Å². The second kappa shape index (κ2) is 6.27. The molecule has 6 heteroatoms. The minimum absolute atomic E-state index is 0.314. The Morgan fingerprint density at radius 3 is 3.32 bits per heavy atom. The lowest BCUT2D eigenvalue weighted by Crippen LogP contribution is -2.49. The second-order valence-electron chi connectivity index (χ2n) is 4.21. The van der Waals surface area contributed by atoms with E-state index in [-0.39, 0.29) is 5.97 Å². The molecule has 2 heterocycles. The van der Waals surface area contributed by atoms with Crippen LogP contribution in [0.5, 0.6) is 0 Å². The number of methoxy groups -OCH3 is 1. The van der Waals surface area contributed by atoms with E-state index >= 15 is 0 Å². The fraction of sp³-hybridized carbons (Fsp3) is 0.462. The van der Waals surface area contributed by atoms with Crippen molar-refractivity contribution in [3.63, 3.8) is 0 Å². The molecule has 0 N–H and O–H groups in total. The first-order valence-corrected chi connectivity index (χ1v) is 6.00. The fourth-order valence-electron chi connectivity index (χ4n) is 2.07. The minimum Gasteiger partial charge on any atom is -0.468 e. The molecule has 1 aliphatic heterocycles. The van der Waals surface area contributed by atoms with Gasteiger partial charge in [0.05, 0.1) is 20.3 Å². The number of aromatic nitrogens is 1. The number of esters is 1. The Hall–Kier alpha value is -1.97. The van der Waals surface area contributed by atoms with E-state index in [1.807, 2.05) is 11.0 Å². The second-order valence-corrected chi connectivity index (χ2v) is 4.21. The number of rotatable bonds is 3. The Bertz CT molecular complexity index is 498. The first-order chi connectivity index (χ1) is 9.26. The average Bonchev–Trinajstić information content (AvgIpc) is 2.47. The molecule has 0 amide bonds. The van der Waals surface area contributed by atoms with E-state index in [2.05, 4.69) is 11.1 Å². The van der Waals surface area contributed by atoms with Crippen molar-refractivity contribution in [2.24, 2.45) is 0 Å². The summed E-state index contributed by atoms with van der Waals surface area (Å²) in [6, 6.07) is 5.26. The van der Waals surface area contributed by atoms with Crippen LogP contribution in [0.1, 0.15) is 11.3 Å². The van der Waals surface area contributed by atoms with Crippen molar-refractivity contribution in [3.8, 4) is 6.07 Å². The average molecular weight is 261 g/mol. The van der Waals surface area contributed by atoms with Gasteiger partial charge < -0.3 is 9.47 Å². The molecule has 0 aromatic carbocycles. The zero-order valence-electron chi connectivity index (χ0n) is 10.7. The van der Waals surface area contributed by atoms with Crippen molar-refractivity contribution in [2.45, 2.75) is 12.6 Å². The van der Waals surface area contributed by atoms with E-state index in [4.69, 9.17) is 14.7 Å². The molecule has 1 unspecified atom stereocenters. The lowest BCUT2D eigenvalue weighted by atomic mass is 10.1. The summed E-state index contributed by atoms with van der Waals surface area (Å²) in [6.07, 6.45) is 1.58. The summed E-state index contributed by atoms with van der Waals surface area (Å²) in [5.41, 5.74) is 1.19. The number of carbonyl (C=O) groups is 1. The molecule has 0 spiro atoms. The normalized spacial score (nSPS) is 19.7. The van der Waals surface area contributed by atoms with Gasteiger partial charge in [-0.1, -0.05) is 6.07 Å². The summed E-state index contributed by atoms with van der Waals surface area (Å²) in [5, 5.41) is 9.02. The highest BCUT2D eigenvalue weighted by Crippen LogP contribution is 2.15. The predicted molar refractivity (Wildman–Crippen MR) is 66.0 cm³/mol. The summed E-state index contributed by atoms with van der Waals surface area (Å²) in [6.45, 7) is 1.99. The molecular weight excluding hydrogens is 246 g/mol. The van der Waals surface area contributed by atoms with Gasteiger partial charge in [0, 0.05) is 24.8 Å². The summed E-state index contributed by atoms with van der Waals surface area (Å²) in [5.74, 6) is -0.318. The van der Waals surface area contributed by atoms with E-state index in [1.54, 1.807) is 12.3 Å². The smallest absolute Gasteiger partial charge is 0.325 e. The quantitative estimate of drug-likeness (QED) is 0.730. The summed E-state index contributed by atoms with van der Waals surface area (Å²) in [4.78, 5) is 17.7.